The molecule has 3 atom stereocenters. The van der Waals surface area contributed by atoms with Crippen molar-refractivity contribution in [2.75, 3.05) is 5.32 Å². The average Bonchev–Trinajstić information content (AvgIpc) is 3.06. The summed E-state index contributed by atoms with van der Waals surface area (Å²) >= 11 is 0. The predicted molar refractivity (Wildman–Crippen MR) is 74.1 cm³/mol. The lowest BCUT2D eigenvalue weighted by Crippen LogP contribution is -2.43. The summed E-state index contributed by atoms with van der Waals surface area (Å²) in [5, 5.41) is 11.3. The van der Waals surface area contributed by atoms with Crippen molar-refractivity contribution in [2.24, 2.45) is 11.8 Å². The van der Waals surface area contributed by atoms with E-state index in [2.05, 4.69) is 51.9 Å². The van der Waals surface area contributed by atoms with Gasteiger partial charge in [-0.1, -0.05) is 18.2 Å². The van der Waals surface area contributed by atoms with E-state index in [-0.39, 0.29) is 0 Å². The molecular weight excluding hydrogens is 236 g/mol. The standard InChI is InChI=1S/C15H16N4/c1-3-11-7-15(14(11)6-1)18-12-4-2-5-13(8-12)19-9-16-17-10-19/h1-2,4-6,8-11,14-15,18H,3,7H2. The normalized spacial score (nSPS) is 27.9. The van der Waals surface area contributed by atoms with Crippen LogP contribution in [0.4, 0.5) is 5.69 Å². The van der Waals surface area contributed by atoms with Gasteiger partial charge in [-0.3, -0.25) is 4.57 Å². The largest absolute Gasteiger partial charge is 0.382 e. The van der Waals surface area contributed by atoms with Crippen LogP contribution in [0.15, 0.2) is 49.1 Å². The number of nitrogens with zero attached hydrogens (tertiary/aromatic N) is 3. The Kier molecular flexibility index (Phi) is 2.40. The first kappa shape index (κ1) is 10.8. The van der Waals surface area contributed by atoms with E-state index in [1.54, 1.807) is 12.7 Å². The van der Waals surface area contributed by atoms with Crippen molar-refractivity contribution in [3.63, 3.8) is 0 Å². The van der Waals surface area contributed by atoms with Gasteiger partial charge >= 0.3 is 0 Å². The van der Waals surface area contributed by atoms with Gasteiger partial charge in [0.2, 0.25) is 0 Å². The maximum atomic E-state index is 3.84. The molecule has 2 aliphatic carbocycles. The van der Waals surface area contributed by atoms with E-state index in [1.807, 2.05) is 4.57 Å². The maximum Gasteiger partial charge on any atom is 0.123 e. The molecule has 0 aliphatic heterocycles. The molecule has 0 spiro atoms. The Bertz CT molecular complexity index is 602. The second kappa shape index (κ2) is 4.23. The minimum atomic E-state index is 0.597. The zero-order chi connectivity index (χ0) is 12.7. The second-order valence-electron chi connectivity index (χ2n) is 5.41. The van der Waals surface area contributed by atoms with Crippen molar-refractivity contribution in [1.29, 1.82) is 0 Å². The van der Waals surface area contributed by atoms with Gasteiger partial charge in [-0.15, -0.1) is 10.2 Å². The van der Waals surface area contributed by atoms with Gasteiger partial charge in [0.05, 0.1) is 5.69 Å². The van der Waals surface area contributed by atoms with E-state index in [9.17, 15) is 0 Å². The van der Waals surface area contributed by atoms with E-state index in [0.29, 0.717) is 6.04 Å². The summed E-state index contributed by atoms with van der Waals surface area (Å²) in [5.41, 5.74) is 2.27. The topological polar surface area (TPSA) is 42.7 Å². The van der Waals surface area contributed by atoms with E-state index < -0.39 is 0 Å². The highest BCUT2D eigenvalue weighted by atomic mass is 15.2. The van der Waals surface area contributed by atoms with Crippen molar-refractivity contribution in [3.8, 4) is 5.69 Å². The molecular formula is C15H16N4. The molecule has 4 heteroatoms. The van der Waals surface area contributed by atoms with Gasteiger partial charge in [0.25, 0.3) is 0 Å². The molecule has 0 amide bonds. The van der Waals surface area contributed by atoms with Gasteiger partial charge < -0.3 is 5.32 Å². The van der Waals surface area contributed by atoms with E-state index in [4.69, 9.17) is 0 Å². The minimum absolute atomic E-state index is 0.597. The molecule has 2 aliphatic rings. The molecule has 1 fully saturated rings. The molecule has 3 unspecified atom stereocenters. The summed E-state index contributed by atoms with van der Waals surface area (Å²) < 4.78 is 1.92. The van der Waals surface area contributed by atoms with Gasteiger partial charge in [0.1, 0.15) is 12.7 Å². The smallest absolute Gasteiger partial charge is 0.123 e. The Hall–Kier alpha value is -2.10. The summed E-state index contributed by atoms with van der Waals surface area (Å²) in [6.07, 6.45) is 10.7. The van der Waals surface area contributed by atoms with Gasteiger partial charge in [0, 0.05) is 17.6 Å². The number of hydrogen-bond donors (Lipinski definition) is 1. The lowest BCUT2D eigenvalue weighted by Gasteiger charge is -2.41. The van der Waals surface area contributed by atoms with E-state index >= 15 is 0 Å². The van der Waals surface area contributed by atoms with Crippen molar-refractivity contribution in [3.05, 3.63) is 49.1 Å². The SMILES string of the molecule is C1=CC2C(C1)CC2Nc1cccc(-n2cnnc2)c1. The van der Waals surface area contributed by atoms with E-state index in [1.165, 1.54) is 18.5 Å². The molecule has 1 aromatic heterocycles. The fourth-order valence-electron chi connectivity index (χ4n) is 3.19. The molecule has 1 aromatic carbocycles. The monoisotopic (exact) mass is 252 g/mol. The summed E-state index contributed by atoms with van der Waals surface area (Å²) in [5.74, 6) is 1.62. The minimum Gasteiger partial charge on any atom is -0.382 e. The number of aromatic nitrogens is 3. The second-order valence-corrected chi connectivity index (χ2v) is 5.41. The Balaban J connectivity index is 1.53. The van der Waals surface area contributed by atoms with Crippen molar-refractivity contribution < 1.29 is 0 Å². The fraction of sp³-hybridized carbons (Fsp3) is 0.333. The van der Waals surface area contributed by atoms with Crippen LogP contribution in [0.2, 0.25) is 0 Å². The predicted octanol–water partition coefficient (Wildman–Crippen LogP) is 2.64. The van der Waals surface area contributed by atoms with Crippen LogP contribution in [0.3, 0.4) is 0 Å². The molecule has 2 aromatic rings. The third-order valence-corrected chi connectivity index (χ3v) is 4.28. The zero-order valence-corrected chi connectivity index (χ0v) is 10.6. The first-order chi connectivity index (χ1) is 9.40. The molecule has 1 N–H and O–H groups in total. The first-order valence-electron chi connectivity index (χ1n) is 6.78. The number of hydrogen-bond acceptors (Lipinski definition) is 3. The quantitative estimate of drug-likeness (QED) is 0.854. The van der Waals surface area contributed by atoms with Crippen LogP contribution in [0, 0.1) is 11.8 Å². The summed E-state index contributed by atoms with van der Waals surface area (Å²) in [4.78, 5) is 0. The van der Waals surface area contributed by atoms with Crippen LogP contribution in [0.1, 0.15) is 12.8 Å². The highest BCUT2D eigenvalue weighted by molar-refractivity contribution is 5.52. The van der Waals surface area contributed by atoms with Gasteiger partial charge in [-0.2, -0.15) is 0 Å². The number of fused-ring (bicyclic) bond motifs is 1. The first-order valence-corrected chi connectivity index (χ1v) is 6.78. The van der Waals surface area contributed by atoms with Gasteiger partial charge in [-0.05, 0) is 37.0 Å². The molecule has 96 valence electrons. The highest BCUT2D eigenvalue weighted by Gasteiger charge is 2.40. The number of rotatable bonds is 3. The molecule has 4 nitrogen and oxygen atoms in total. The lowest BCUT2D eigenvalue weighted by atomic mass is 9.71. The number of allylic oxidation sites excluding steroid dienone is 1. The molecule has 1 heterocycles. The third-order valence-electron chi connectivity index (χ3n) is 4.28. The summed E-state index contributed by atoms with van der Waals surface area (Å²) in [7, 11) is 0. The molecule has 4 rings (SSSR count). The Morgan fingerprint density at radius 2 is 2.11 bits per heavy atom. The molecule has 0 saturated heterocycles. The van der Waals surface area contributed by atoms with Gasteiger partial charge in [-0.25, -0.2) is 0 Å². The Morgan fingerprint density at radius 1 is 1.21 bits per heavy atom. The van der Waals surface area contributed by atoms with Crippen LogP contribution in [0.5, 0.6) is 0 Å². The van der Waals surface area contributed by atoms with Crippen molar-refractivity contribution in [2.45, 2.75) is 18.9 Å². The lowest BCUT2D eigenvalue weighted by molar-refractivity contribution is 0.218. The molecule has 0 bridgehead atoms. The Labute approximate surface area is 112 Å². The maximum absolute atomic E-state index is 3.84. The fourth-order valence-corrected chi connectivity index (χ4v) is 3.19. The van der Waals surface area contributed by atoms with E-state index in [0.717, 1.165) is 17.5 Å². The van der Waals surface area contributed by atoms with Crippen LogP contribution in [0.25, 0.3) is 5.69 Å². The number of benzene rings is 1. The molecule has 0 radical (unpaired) electrons. The summed E-state index contributed by atoms with van der Waals surface area (Å²) in [6, 6.07) is 9.00. The molecule has 19 heavy (non-hydrogen) atoms. The summed E-state index contributed by atoms with van der Waals surface area (Å²) in [6.45, 7) is 0. The molecule has 1 saturated carbocycles. The number of anilines is 1. The highest BCUT2D eigenvalue weighted by Crippen LogP contribution is 2.44. The van der Waals surface area contributed by atoms with Crippen LogP contribution in [-0.4, -0.2) is 20.8 Å². The van der Waals surface area contributed by atoms with Crippen LogP contribution >= 0.6 is 0 Å². The van der Waals surface area contributed by atoms with Crippen LogP contribution < -0.4 is 5.32 Å². The van der Waals surface area contributed by atoms with Gasteiger partial charge in [0.15, 0.2) is 0 Å². The van der Waals surface area contributed by atoms with Crippen molar-refractivity contribution in [1.82, 2.24) is 14.8 Å². The zero-order valence-electron chi connectivity index (χ0n) is 10.6. The third kappa shape index (κ3) is 1.84. The number of nitrogens with one attached hydrogen (secondary N) is 1. The van der Waals surface area contributed by atoms with Crippen molar-refractivity contribution >= 4 is 5.69 Å². The Morgan fingerprint density at radius 3 is 2.95 bits per heavy atom. The average molecular weight is 252 g/mol. The van der Waals surface area contributed by atoms with Crippen LogP contribution in [-0.2, 0) is 0 Å².